The fraction of sp³-hybridized carbons (Fsp3) is 0.500. The minimum Gasteiger partial charge on any atom is -0.468 e. The van der Waals surface area contributed by atoms with Gasteiger partial charge in [-0.3, -0.25) is 14.7 Å². The number of furan rings is 1. The molecule has 2 aliphatic rings. The quantitative estimate of drug-likeness (QED) is 0.914. The highest BCUT2D eigenvalue weighted by Crippen LogP contribution is 2.34. The molecule has 2 fully saturated rings. The van der Waals surface area contributed by atoms with Crippen LogP contribution in [0.15, 0.2) is 41.4 Å². The molecule has 7 nitrogen and oxygen atoms in total. The molecule has 25 heavy (non-hydrogen) atoms. The molecule has 3 atom stereocenters. The average Bonchev–Trinajstić information content (AvgIpc) is 3.15. The van der Waals surface area contributed by atoms with Gasteiger partial charge >= 0.3 is 0 Å². The second-order valence-electron chi connectivity index (χ2n) is 6.65. The summed E-state index contributed by atoms with van der Waals surface area (Å²) in [6.07, 6.45) is 8.27. The van der Waals surface area contributed by atoms with Gasteiger partial charge in [0.05, 0.1) is 25.1 Å². The van der Waals surface area contributed by atoms with E-state index in [1.807, 2.05) is 12.1 Å². The number of rotatable bonds is 4. The number of piperidine rings is 1. The van der Waals surface area contributed by atoms with Crippen LogP contribution in [0.5, 0.6) is 0 Å². The number of carbonyl (C=O) groups is 1. The van der Waals surface area contributed by atoms with Crippen LogP contribution in [-0.4, -0.2) is 46.6 Å². The van der Waals surface area contributed by atoms with E-state index in [0.717, 1.165) is 38.2 Å². The summed E-state index contributed by atoms with van der Waals surface area (Å²) >= 11 is 0. The van der Waals surface area contributed by atoms with Crippen molar-refractivity contribution >= 4 is 11.7 Å². The lowest BCUT2D eigenvalue weighted by Crippen LogP contribution is -2.52. The molecule has 1 N–H and O–H groups in total. The van der Waals surface area contributed by atoms with Gasteiger partial charge in [-0.15, -0.1) is 0 Å². The van der Waals surface area contributed by atoms with Gasteiger partial charge in [0.15, 0.2) is 5.82 Å². The number of hydrogen-bond acceptors (Lipinski definition) is 6. The van der Waals surface area contributed by atoms with Crippen molar-refractivity contribution in [2.24, 2.45) is 11.8 Å². The Morgan fingerprint density at radius 3 is 3.12 bits per heavy atom. The summed E-state index contributed by atoms with van der Waals surface area (Å²) in [7, 11) is 0. The zero-order valence-electron chi connectivity index (χ0n) is 14.0. The van der Waals surface area contributed by atoms with Crippen LogP contribution in [0.2, 0.25) is 0 Å². The number of hydrogen-bond donors (Lipinski definition) is 1. The summed E-state index contributed by atoms with van der Waals surface area (Å²) in [5.74, 6) is 1.59. The van der Waals surface area contributed by atoms with E-state index in [2.05, 4.69) is 20.2 Å². The van der Waals surface area contributed by atoms with Crippen molar-refractivity contribution in [3.63, 3.8) is 0 Å². The van der Waals surface area contributed by atoms with Crippen molar-refractivity contribution in [2.45, 2.75) is 25.5 Å². The molecular formula is C18H22N4O3. The molecule has 4 heterocycles. The number of nitrogens with zero attached hydrogens (tertiary/aromatic N) is 3. The Bertz CT molecular complexity index is 692. The number of carbonyl (C=O) groups excluding carboxylic acids is 1. The van der Waals surface area contributed by atoms with Gasteiger partial charge in [0.1, 0.15) is 5.76 Å². The highest BCUT2D eigenvalue weighted by Gasteiger charge is 2.41. The van der Waals surface area contributed by atoms with Gasteiger partial charge in [0.25, 0.3) is 0 Å². The zero-order valence-corrected chi connectivity index (χ0v) is 14.0. The molecule has 0 unspecified atom stereocenters. The molecule has 2 aromatic heterocycles. The van der Waals surface area contributed by atoms with E-state index < -0.39 is 0 Å². The predicted octanol–water partition coefficient (Wildman–Crippen LogP) is 1.94. The van der Waals surface area contributed by atoms with E-state index in [4.69, 9.17) is 9.15 Å². The van der Waals surface area contributed by atoms with E-state index in [1.165, 1.54) is 0 Å². The molecule has 1 amide bonds. The number of amides is 1. The van der Waals surface area contributed by atoms with Crippen LogP contribution < -0.4 is 5.32 Å². The Morgan fingerprint density at radius 2 is 2.32 bits per heavy atom. The van der Waals surface area contributed by atoms with Crippen LogP contribution in [0.1, 0.15) is 18.6 Å². The zero-order chi connectivity index (χ0) is 17.1. The third kappa shape index (κ3) is 3.72. The second-order valence-corrected chi connectivity index (χ2v) is 6.65. The Morgan fingerprint density at radius 1 is 1.36 bits per heavy atom. The first-order valence-electron chi connectivity index (χ1n) is 8.73. The summed E-state index contributed by atoms with van der Waals surface area (Å²) < 4.78 is 11.4. The van der Waals surface area contributed by atoms with E-state index >= 15 is 0 Å². The minimum atomic E-state index is -0.0693. The molecule has 0 aromatic carbocycles. The van der Waals surface area contributed by atoms with Crippen LogP contribution >= 0.6 is 0 Å². The van der Waals surface area contributed by atoms with Gasteiger partial charge < -0.3 is 14.5 Å². The Labute approximate surface area is 146 Å². The van der Waals surface area contributed by atoms with Crippen LogP contribution in [-0.2, 0) is 16.1 Å². The molecule has 2 aromatic rings. The molecule has 0 bridgehead atoms. The van der Waals surface area contributed by atoms with E-state index in [-0.39, 0.29) is 23.8 Å². The first-order valence-corrected chi connectivity index (χ1v) is 8.73. The predicted molar refractivity (Wildman–Crippen MR) is 90.6 cm³/mol. The monoisotopic (exact) mass is 342 g/mol. The second kappa shape index (κ2) is 7.33. The molecule has 0 aliphatic carbocycles. The summed E-state index contributed by atoms with van der Waals surface area (Å²) in [6, 6.07) is 3.89. The molecule has 7 heteroatoms. The number of likely N-dealkylation sites (tertiary alicyclic amines) is 1. The first-order chi connectivity index (χ1) is 12.3. The lowest BCUT2D eigenvalue weighted by Gasteiger charge is -2.44. The SMILES string of the molecule is O=C(Nc1cnccn1)[C@@H]1CCO[C@@H]2CCN(Cc3ccco3)C[C@H]21. The summed E-state index contributed by atoms with van der Waals surface area (Å²) in [4.78, 5) is 23.3. The molecule has 0 spiro atoms. The molecule has 2 saturated heterocycles. The normalized spacial score (nSPS) is 26.8. The van der Waals surface area contributed by atoms with Crippen LogP contribution in [0, 0.1) is 11.8 Å². The largest absolute Gasteiger partial charge is 0.468 e. The minimum absolute atomic E-state index is 0.0126. The van der Waals surface area contributed by atoms with Gasteiger partial charge in [-0.1, -0.05) is 0 Å². The standard InChI is InChI=1S/C18H22N4O3/c23-18(21-17-10-19-5-6-20-17)14-4-9-25-16-3-7-22(12-15(14)16)11-13-2-1-8-24-13/h1-2,5-6,8,10,14-16H,3-4,7,9,11-12H2,(H,20,21,23)/t14-,15+,16-/m1/s1. The molecule has 0 radical (unpaired) electrons. The fourth-order valence-corrected chi connectivity index (χ4v) is 3.86. The van der Waals surface area contributed by atoms with Crippen molar-refractivity contribution < 1.29 is 13.9 Å². The lowest BCUT2D eigenvalue weighted by molar-refractivity contribution is -0.137. The number of nitrogens with one attached hydrogen (secondary N) is 1. The summed E-state index contributed by atoms with van der Waals surface area (Å²) in [6.45, 7) is 3.21. The van der Waals surface area contributed by atoms with Crippen molar-refractivity contribution in [1.29, 1.82) is 0 Å². The number of fused-ring (bicyclic) bond motifs is 1. The van der Waals surface area contributed by atoms with Crippen molar-refractivity contribution in [3.05, 3.63) is 42.7 Å². The molecule has 4 rings (SSSR count). The van der Waals surface area contributed by atoms with Gasteiger partial charge in [0, 0.05) is 43.9 Å². The van der Waals surface area contributed by atoms with E-state index in [1.54, 1.807) is 24.9 Å². The Hall–Kier alpha value is -2.25. The third-order valence-corrected chi connectivity index (χ3v) is 5.06. The molecule has 132 valence electrons. The maximum absolute atomic E-state index is 12.8. The number of aromatic nitrogens is 2. The van der Waals surface area contributed by atoms with Gasteiger partial charge in [0.2, 0.25) is 5.91 Å². The number of anilines is 1. The molecular weight excluding hydrogens is 320 g/mol. The highest BCUT2D eigenvalue weighted by molar-refractivity contribution is 5.91. The average molecular weight is 342 g/mol. The highest BCUT2D eigenvalue weighted by atomic mass is 16.5. The maximum Gasteiger partial charge on any atom is 0.229 e. The summed E-state index contributed by atoms with van der Waals surface area (Å²) in [5.41, 5.74) is 0. The lowest BCUT2D eigenvalue weighted by atomic mass is 9.79. The van der Waals surface area contributed by atoms with Gasteiger partial charge in [-0.05, 0) is 25.0 Å². The molecule has 2 aliphatic heterocycles. The fourth-order valence-electron chi connectivity index (χ4n) is 3.86. The smallest absolute Gasteiger partial charge is 0.229 e. The third-order valence-electron chi connectivity index (χ3n) is 5.06. The van der Waals surface area contributed by atoms with Crippen LogP contribution in [0.4, 0.5) is 5.82 Å². The van der Waals surface area contributed by atoms with E-state index in [9.17, 15) is 4.79 Å². The number of ether oxygens (including phenoxy) is 1. The topological polar surface area (TPSA) is 80.5 Å². The van der Waals surface area contributed by atoms with Crippen molar-refractivity contribution in [2.75, 3.05) is 25.0 Å². The van der Waals surface area contributed by atoms with E-state index in [0.29, 0.717) is 12.4 Å². The Kier molecular flexibility index (Phi) is 4.76. The van der Waals surface area contributed by atoms with Crippen LogP contribution in [0.25, 0.3) is 0 Å². The van der Waals surface area contributed by atoms with Crippen LogP contribution in [0.3, 0.4) is 0 Å². The van der Waals surface area contributed by atoms with Gasteiger partial charge in [-0.25, -0.2) is 4.98 Å². The van der Waals surface area contributed by atoms with Gasteiger partial charge in [-0.2, -0.15) is 0 Å². The first kappa shape index (κ1) is 16.2. The Balaban J connectivity index is 1.43. The molecule has 0 saturated carbocycles. The maximum atomic E-state index is 12.8. The summed E-state index contributed by atoms with van der Waals surface area (Å²) in [5, 5.41) is 2.90. The van der Waals surface area contributed by atoms with Crippen molar-refractivity contribution in [3.8, 4) is 0 Å². The van der Waals surface area contributed by atoms with Crippen molar-refractivity contribution in [1.82, 2.24) is 14.9 Å².